The molecule has 1 aliphatic heterocycles. The van der Waals surface area contributed by atoms with Gasteiger partial charge in [0.25, 0.3) is 5.91 Å². The molecule has 0 radical (unpaired) electrons. The van der Waals surface area contributed by atoms with E-state index in [1.165, 1.54) is 4.31 Å². The molecule has 124 valence electrons. The van der Waals surface area contributed by atoms with Crippen molar-refractivity contribution in [3.05, 3.63) is 26.8 Å². The number of carbonyl (C=O) groups is 1. The Morgan fingerprint density at radius 3 is 2.43 bits per heavy atom. The summed E-state index contributed by atoms with van der Waals surface area (Å²) in [5.41, 5.74) is 5.78. The molecule has 0 spiro atoms. The molecule has 1 saturated heterocycles. The van der Waals surface area contributed by atoms with E-state index in [4.69, 9.17) is 10.5 Å². The maximum Gasteiger partial charge on any atom is 0.266 e. The van der Waals surface area contributed by atoms with E-state index >= 15 is 0 Å². The molecule has 3 rings (SSSR count). The third-order valence-electron chi connectivity index (χ3n) is 3.61. The Kier molecular flexibility index (Phi) is 4.53. The van der Waals surface area contributed by atoms with Crippen molar-refractivity contribution in [3.8, 4) is 0 Å². The average molecular weight is 467 g/mol. The van der Waals surface area contributed by atoms with Gasteiger partial charge in [-0.15, -0.1) is 0 Å². The van der Waals surface area contributed by atoms with E-state index in [0.717, 1.165) is 4.47 Å². The van der Waals surface area contributed by atoms with E-state index in [1.54, 1.807) is 12.1 Å². The van der Waals surface area contributed by atoms with Gasteiger partial charge in [0.05, 0.1) is 13.2 Å². The van der Waals surface area contributed by atoms with Crippen LogP contribution in [0.3, 0.4) is 0 Å². The lowest BCUT2D eigenvalue weighted by Gasteiger charge is -2.26. The first-order chi connectivity index (χ1) is 10.8. The number of aromatic amines is 1. The number of halogens is 2. The van der Waals surface area contributed by atoms with Crippen LogP contribution in [0.25, 0.3) is 10.9 Å². The van der Waals surface area contributed by atoms with Crippen LogP contribution in [-0.4, -0.2) is 49.9 Å². The van der Waals surface area contributed by atoms with Gasteiger partial charge in [-0.3, -0.25) is 4.79 Å². The van der Waals surface area contributed by atoms with Crippen LogP contribution >= 0.6 is 31.9 Å². The number of amides is 1. The lowest BCUT2D eigenvalue weighted by atomic mass is 10.2. The Balaban J connectivity index is 2.27. The molecule has 1 aromatic carbocycles. The molecule has 0 bridgehead atoms. The lowest BCUT2D eigenvalue weighted by molar-refractivity contribution is 0.0730. The fraction of sp³-hybridized carbons (Fsp3) is 0.308. The fourth-order valence-corrected chi connectivity index (χ4v) is 4.95. The van der Waals surface area contributed by atoms with Gasteiger partial charge in [0.15, 0.2) is 0 Å². The number of morpholine rings is 1. The number of hydrogen-bond donors (Lipinski definition) is 2. The quantitative estimate of drug-likeness (QED) is 0.719. The summed E-state index contributed by atoms with van der Waals surface area (Å²) >= 11 is 6.71. The summed E-state index contributed by atoms with van der Waals surface area (Å²) in [6, 6.07) is 3.35. The summed E-state index contributed by atoms with van der Waals surface area (Å²) in [5.74, 6) is -0.819. The van der Waals surface area contributed by atoms with E-state index in [9.17, 15) is 13.2 Å². The molecule has 23 heavy (non-hydrogen) atoms. The van der Waals surface area contributed by atoms with Gasteiger partial charge in [0.2, 0.25) is 10.0 Å². The number of ether oxygens (including phenoxy) is 1. The molecule has 1 fully saturated rings. The molecule has 0 unspecified atom stereocenters. The molecule has 2 aromatic rings. The van der Waals surface area contributed by atoms with Crippen LogP contribution in [0.4, 0.5) is 0 Å². The number of primary amides is 1. The minimum atomic E-state index is -3.87. The summed E-state index contributed by atoms with van der Waals surface area (Å²) in [5, 5.41) is 0.417. The summed E-state index contributed by atoms with van der Waals surface area (Å²) in [6.07, 6.45) is 0. The van der Waals surface area contributed by atoms with E-state index in [-0.39, 0.29) is 23.7 Å². The predicted molar refractivity (Wildman–Crippen MR) is 91.8 cm³/mol. The molecule has 0 atom stereocenters. The van der Waals surface area contributed by atoms with Gasteiger partial charge in [-0.1, -0.05) is 0 Å². The highest BCUT2D eigenvalue weighted by Crippen LogP contribution is 2.35. The predicted octanol–water partition coefficient (Wildman–Crippen LogP) is 1.81. The number of H-pyrrole nitrogens is 1. The van der Waals surface area contributed by atoms with Gasteiger partial charge >= 0.3 is 0 Å². The largest absolute Gasteiger partial charge is 0.379 e. The molecular formula is C13H13Br2N3O4S. The van der Waals surface area contributed by atoms with Crippen molar-refractivity contribution in [2.45, 2.75) is 4.90 Å². The van der Waals surface area contributed by atoms with Crippen LogP contribution < -0.4 is 5.73 Å². The van der Waals surface area contributed by atoms with Crippen LogP contribution in [0.1, 0.15) is 10.5 Å². The number of nitrogens with one attached hydrogen (secondary N) is 1. The van der Waals surface area contributed by atoms with E-state index in [0.29, 0.717) is 28.6 Å². The van der Waals surface area contributed by atoms with Gasteiger partial charge in [-0.05, 0) is 44.0 Å². The minimum Gasteiger partial charge on any atom is -0.379 e. The Morgan fingerprint density at radius 1 is 1.22 bits per heavy atom. The Morgan fingerprint density at radius 2 is 1.83 bits per heavy atom. The first-order valence-corrected chi connectivity index (χ1v) is 9.73. The second kappa shape index (κ2) is 6.17. The average Bonchev–Trinajstić information content (AvgIpc) is 2.88. The number of hydrogen-bond acceptors (Lipinski definition) is 4. The number of nitrogens with zero attached hydrogens (tertiary/aromatic N) is 1. The van der Waals surface area contributed by atoms with Crippen LogP contribution in [0.5, 0.6) is 0 Å². The zero-order valence-corrected chi connectivity index (χ0v) is 15.8. The number of fused-ring (bicyclic) bond motifs is 1. The Hall–Kier alpha value is -0.940. The molecule has 7 nitrogen and oxygen atoms in total. The summed E-state index contributed by atoms with van der Waals surface area (Å²) < 4.78 is 33.9. The topological polar surface area (TPSA) is 105 Å². The van der Waals surface area contributed by atoms with Crippen molar-refractivity contribution in [2.75, 3.05) is 26.3 Å². The standard InChI is InChI=1S/C13H13Br2N3O4S/c14-8-5-7-10(6-9(8)15)17-11(13(16)19)12(7)23(20,21)18-1-3-22-4-2-18/h5-6,17H,1-4H2,(H2,16,19). The van der Waals surface area contributed by atoms with Crippen molar-refractivity contribution in [3.63, 3.8) is 0 Å². The first-order valence-electron chi connectivity index (χ1n) is 6.71. The highest BCUT2D eigenvalue weighted by Gasteiger charge is 2.33. The van der Waals surface area contributed by atoms with Gasteiger partial charge in [0, 0.05) is 32.9 Å². The summed E-state index contributed by atoms with van der Waals surface area (Å²) in [4.78, 5) is 14.5. The second-order valence-corrected chi connectivity index (χ2v) is 8.61. The molecular weight excluding hydrogens is 454 g/mol. The van der Waals surface area contributed by atoms with Gasteiger partial charge in [0.1, 0.15) is 10.6 Å². The van der Waals surface area contributed by atoms with Crippen LogP contribution in [0.15, 0.2) is 26.0 Å². The van der Waals surface area contributed by atoms with Gasteiger partial charge in [-0.2, -0.15) is 4.31 Å². The number of carbonyl (C=O) groups excluding carboxylic acids is 1. The maximum absolute atomic E-state index is 13.0. The van der Waals surface area contributed by atoms with Gasteiger partial charge < -0.3 is 15.5 Å². The van der Waals surface area contributed by atoms with Crippen molar-refractivity contribution in [1.29, 1.82) is 0 Å². The molecule has 1 aliphatic rings. The van der Waals surface area contributed by atoms with Crippen molar-refractivity contribution >= 4 is 58.7 Å². The molecule has 2 heterocycles. The molecule has 10 heteroatoms. The second-order valence-electron chi connectivity index (χ2n) is 5.02. The normalized spacial score (nSPS) is 16.8. The number of aromatic nitrogens is 1. The van der Waals surface area contributed by atoms with Crippen molar-refractivity contribution in [2.24, 2.45) is 5.73 Å². The molecule has 3 N–H and O–H groups in total. The lowest BCUT2D eigenvalue weighted by Crippen LogP contribution is -2.41. The third kappa shape index (κ3) is 2.93. The van der Waals surface area contributed by atoms with Crippen molar-refractivity contribution in [1.82, 2.24) is 9.29 Å². The number of rotatable bonds is 3. The Labute approximate surface area is 149 Å². The van der Waals surface area contributed by atoms with Crippen molar-refractivity contribution < 1.29 is 17.9 Å². The SMILES string of the molecule is NC(=O)c1[nH]c2cc(Br)c(Br)cc2c1S(=O)(=O)N1CCOCC1. The fourth-order valence-electron chi connectivity index (χ4n) is 2.52. The van der Waals surface area contributed by atoms with Gasteiger partial charge in [-0.25, -0.2) is 8.42 Å². The van der Waals surface area contributed by atoms with Crippen LogP contribution in [-0.2, 0) is 14.8 Å². The zero-order valence-electron chi connectivity index (χ0n) is 11.8. The number of nitrogens with two attached hydrogens (primary N) is 1. The minimum absolute atomic E-state index is 0.0879. The number of benzene rings is 1. The first kappa shape index (κ1) is 16.9. The highest BCUT2D eigenvalue weighted by molar-refractivity contribution is 9.13. The highest BCUT2D eigenvalue weighted by atomic mass is 79.9. The zero-order chi connectivity index (χ0) is 16.8. The smallest absolute Gasteiger partial charge is 0.266 e. The maximum atomic E-state index is 13.0. The monoisotopic (exact) mass is 465 g/mol. The van der Waals surface area contributed by atoms with E-state index in [2.05, 4.69) is 36.8 Å². The summed E-state index contributed by atoms with van der Waals surface area (Å²) in [6.45, 7) is 1.13. The Bertz CT molecular complexity index is 888. The molecule has 0 saturated carbocycles. The molecule has 1 amide bonds. The van der Waals surface area contributed by atoms with Crippen LogP contribution in [0.2, 0.25) is 0 Å². The molecule has 0 aliphatic carbocycles. The molecule has 1 aromatic heterocycles. The van der Waals surface area contributed by atoms with Crippen LogP contribution in [0, 0.1) is 0 Å². The third-order valence-corrected chi connectivity index (χ3v) is 7.44. The van der Waals surface area contributed by atoms with E-state index < -0.39 is 15.9 Å². The number of sulfonamides is 1. The summed E-state index contributed by atoms with van der Waals surface area (Å²) in [7, 11) is -3.87. The van der Waals surface area contributed by atoms with E-state index in [1.807, 2.05) is 0 Å².